The van der Waals surface area contributed by atoms with E-state index in [9.17, 15) is 0 Å². The Morgan fingerprint density at radius 2 is 2.03 bits per heavy atom. The SMILES string of the molecule is COc1c(C)cnc(CN2C[C@H](CCN3CCNCC3)c3c(Cl)nc(N)nc32)c1C. The van der Waals surface area contributed by atoms with Crippen molar-refractivity contribution in [2.24, 2.45) is 0 Å². The maximum atomic E-state index is 6.54. The van der Waals surface area contributed by atoms with Crippen molar-refractivity contribution in [2.75, 3.05) is 57.0 Å². The molecule has 0 aromatic carbocycles. The summed E-state index contributed by atoms with van der Waals surface area (Å²) in [4.78, 5) is 18.2. The zero-order valence-electron chi connectivity index (χ0n) is 17.9. The van der Waals surface area contributed by atoms with Crippen LogP contribution in [0.4, 0.5) is 11.8 Å². The Hall–Kier alpha value is -2.16. The lowest BCUT2D eigenvalue weighted by molar-refractivity contribution is 0.233. The van der Waals surface area contributed by atoms with Gasteiger partial charge in [-0.2, -0.15) is 4.98 Å². The van der Waals surface area contributed by atoms with Gasteiger partial charge in [0.25, 0.3) is 0 Å². The number of aromatic nitrogens is 3. The van der Waals surface area contributed by atoms with Crippen LogP contribution in [0.1, 0.15) is 34.7 Å². The number of hydrogen-bond donors (Lipinski definition) is 2. The third kappa shape index (κ3) is 4.17. The molecular weight excluding hydrogens is 402 g/mol. The number of ether oxygens (including phenoxy) is 1. The van der Waals surface area contributed by atoms with Crippen molar-refractivity contribution < 1.29 is 4.74 Å². The molecule has 2 aromatic rings. The highest BCUT2D eigenvalue weighted by Crippen LogP contribution is 2.42. The van der Waals surface area contributed by atoms with Crippen LogP contribution in [-0.4, -0.2) is 66.2 Å². The lowest BCUT2D eigenvalue weighted by atomic mass is 10.00. The smallest absolute Gasteiger partial charge is 0.223 e. The van der Waals surface area contributed by atoms with E-state index in [1.165, 1.54) is 0 Å². The molecule has 2 aliphatic heterocycles. The van der Waals surface area contributed by atoms with Crippen LogP contribution in [0.2, 0.25) is 5.15 Å². The first-order valence-corrected chi connectivity index (χ1v) is 10.9. The van der Waals surface area contributed by atoms with Gasteiger partial charge in [-0.15, -0.1) is 0 Å². The number of halogens is 1. The van der Waals surface area contributed by atoms with Gasteiger partial charge in [0.2, 0.25) is 5.95 Å². The Morgan fingerprint density at radius 3 is 2.77 bits per heavy atom. The summed E-state index contributed by atoms with van der Waals surface area (Å²) < 4.78 is 5.58. The van der Waals surface area contributed by atoms with Gasteiger partial charge in [-0.25, -0.2) is 4.98 Å². The average Bonchev–Trinajstić information content (AvgIpc) is 3.07. The van der Waals surface area contributed by atoms with Crippen molar-refractivity contribution in [3.63, 3.8) is 0 Å². The van der Waals surface area contributed by atoms with Gasteiger partial charge in [0.1, 0.15) is 16.7 Å². The number of nitrogens with zero attached hydrogens (tertiary/aromatic N) is 5. The third-order valence-electron chi connectivity index (χ3n) is 6.14. The van der Waals surface area contributed by atoms with Crippen molar-refractivity contribution >= 4 is 23.4 Å². The summed E-state index contributed by atoms with van der Waals surface area (Å²) in [5, 5.41) is 3.87. The molecule has 2 aromatic heterocycles. The fourth-order valence-electron chi connectivity index (χ4n) is 4.54. The van der Waals surface area contributed by atoms with Gasteiger partial charge in [0.15, 0.2) is 0 Å². The maximum Gasteiger partial charge on any atom is 0.223 e. The summed E-state index contributed by atoms with van der Waals surface area (Å²) in [7, 11) is 1.70. The number of piperazine rings is 1. The molecule has 8 nitrogen and oxygen atoms in total. The highest BCUT2D eigenvalue weighted by Gasteiger charge is 2.34. The molecule has 0 amide bonds. The number of rotatable bonds is 6. The molecule has 0 bridgehead atoms. The fraction of sp³-hybridized carbons (Fsp3) is 0.571. The van der Waals surface area contributed by atoms with Crippen LogP contribution in [0.5, 0.6) is 5.75 Å². The molecule has 1 fully saturated rings. The van der Waals surface area contributed by atoms with Gasteiger partial charge in [0, 0.05) is 61.5 Å². The maximum absolute atomic E-state index is 6.54. The van der Waals surface area contributed by atoms with Crippen molar-refractivity contribution in [1.82, 2.24) is 25.2 Å². The van der Waals surface area contributed by atoms with E-state index >= 15 is 0 Å². The summed E-state index contributed by atoms with van der Waals surface area (Å²) in [6.45, 7) is 10.8. The van der Waals surface area contributed by atoms with Gasteiger partial charge in [-0.3, -0.25) is 4.98 Å². The van der Waals surface area contributed by atoms with Gasteiger partial charge in [-0.1, -0.05) is 11.6 Å². The largest absolute Gasteiger partial charge is 0.496 e. The topological polar surface area (TPSA) is 92.4 Å². The molecule has 0 saturated carbocycles. The van der Waals surface area contributed by atoms with Gasteiger partial charge < -0.3 is 25.6 Å². The highest BCUT2D eigenvalue weighted by atomic mass is 35.5. The second-order valence-electron chi connectivity index (χ2n) is 8.11. The molecule has 0 aliphatic carbocycles. The van der Waals surface area contributed by atoms with E-state index in [0.29, 0.717) is 11.7 Å². The Balaban J connectivity index is 1.58. The van der Waals surface area contributed by atoms with Crippen molar-refractivity contribution in [1.29, 1.82) is 0 Å². The standard InChI is InChI=1S/C21H30ClN7O/c1-13-10-25-16(14(2)18(13)30-3)12-29-11-15(4-7-28-8-5-24-6-9-28)17-19(22)26-21(23)27-20(17)29/h10,15,24H,4-9,11-12H2,1-3H3,(H2,23,26,27)/t15-/m0/s1. The zero-order chi connectivity index (χ0) is 21.3. The fourth-order valence-corrected chi connectivity index (χ4v) is 4.87. The molecule has 1 atom stereocenters. The first-order valence-electron chi connectivity index (χ1n) is 10.5. The third-order valence-corrected chi connectivity index (χ3v) is 6.43. The summed E-state index contributed by atoms with van der Waals surface area (Å²) >= 11 is 6.54. The number of aryl methyl sites for hydroxylation is 1. The Kier molecular flexibility index (Phi) is 6.26. The number of nitrogens with two attached hydrogens (primary N) is 1. The summed E-state index contributed by atoms with van der Waals surface area (Å²) in [6.07, 6.45) is 2.88. The predicted molar refractivity (Wildman–Crippen MR) is 119 cm³/mol. The summed E-state index contributed by atoms with van der Waals surface area (Å²) in [5.74, 6) is 2.20. The molecule has 2 aliphatic rings. The molecule has 3 N–H and O–H groups in total. The van der Waals surface area contributed by atoms with E-state index in [-0.39, 0.29) is 11.9 Å². The van der Waals surface area contributed by atoms with E-state index < -0.39 is 0 Å². The monoisotopic (exact) mass is 431 g/mol. The lowest BCUT2D eigenvalue weighted by Crippen LogP contribution is -2.44. The number of nitrogen functional groups attached to an aromatic ring is 1. The van der Waals surface area contributed by atoms with E-state index in [2.05, 4.69) is 30.1 Å². The van der Waals surface area contributed by atoms with Crippen LogP contribution in [0.15, 0.2) is 6.20 Å². The number of anilines is 2. The molecular formula is C21H30ClN7O. The van der Waals surface area contributed by atoms with Crippen LogP contribution >= 0.6 is 11.6 Å². The molecule has 0 unspecified atom stereocenters. The van der Waals surface area contributed by atoms with Crippen LogP contribution in [0, 0.1) is 13.8 Å². The Labute approximate surface area is 182 Å². The number of pyridine rings is 1. The van der Waals surface area contributed by atoms with Crippen molar-refractivity contribution in [3.05, 3.63) is 33.7 Å². The molecule has 4 heterocycles. The molecule has 4 rings (SSSR count). The molecule has 30 heavy (non-hydrogen) atoms. The van der Waals surface area contributed by atoms with Crippen molar-refractivity contribution in [2.45, 2.75) is 32.7 Å². The first-order chi connectivity index (χ1) is 14.5. The van der Waals surface area contributed by atoms with E-state index in [1.54, 1.807) is 7.11 Å². The van der Waals surface area contributed by atoms with E-state index in [1.807, 2.05) is 20.0 Å². The molecule has 0 spiro atoms. The quantitative estimate of drug-likeness (QED) is 0.672. The van der Waals surface area contributed by atoms with Gasteiger partial charge >= 0.3 is 0 Å². The van der Waals surface area contributed by atoms with Gasteiger partial charge in [-0.05, 0) is 26.8 Å². The second-order valence-corrected chi connectivity index (χ2v) is 8.47. The normalized spacial score (nSPS) is 19.2. The molecule has 0 radical (unpaired) electrons. The average molecular weight is 432 g/mol. The van der Waals surface area contributed by atoms with E-state index in [0.717, 1.165) is 79.6 Å². The van der Waals surface area contributed by atoms with Crippen LogP contribution < -0.4 is 20.7 Å². The number of fused-ring (bicyclic) bond motifs is 1. The number of nitrogens with one attached hydrogen (secondary N) is 1. The predicted octanol–water partition coefficient (Wildman–Crippen LogP) is 2.13. The van der Waals surface area contributed by atoms with Gasteiger partial charge in [0.05, 0.1) is 19.3 Å². The van der Waals surface area contributed by atoms with Crippen LogP contribution in [-0.2, 0) is 6.54 Å². The highest BCUT2D eigenvalue weighted by molar-refractivity contribution is 6.30. The first kappa shape index (κ1) is 21.1. The van der Waals surface area contributed by atoms with E-state index in [4.69, 9.17) is 22.1 Å². The minimum atomic E-state index is 0.206. The zero-order valence-corrected chi connectivity index (χ0v) is 18.7. The second kappa shape index (κ2) is 8.91. The number of methoxy groups -OCH3 is 1. The lowest BCUT2D eigenvalue weighted by Gasteiger charge is -2.28. The molecule has 9 heteroatoms. The Bertz CT molecular complexity index is 917. The molecule has 1 saturated heterocycles. The minimum absolute atomic E-state index is 0.206. The van der Waals surface area contributed by atoms with Crippen LogP contribution in [0.3, 0.4) is 0 Å². The summed E-state index contributed by atoms with van der Waals surface area (Å²) in [6, 6.07) is 0. The number of hydrogen-bond acceptors (Lipinski definition) is 8. The summed E-state index contributed by atoms with van der Waals surface area (Å²) in [5.41, 5.74) is 10.0. The van der Waals surface area contributed by atoms with Crippen LogP contribution in [0.25, 0.3) is 0 Å². The van der Waals surface area contributed by atoms with Crippen molar-refractivity contribution in [3.8, 4) is 5.75 Å². The molecule has 162 valence electrons. The Morgan fingerprint density at radius 1 is 1.27 bits per heavy atom. The minimum Gasteiger partial charge on any atom is -0.496 e.